The van der Waals surface area contributed by atoms with Gasteiger partial charge in [0.05, 0.1) is 0 Å². The smallest absolute Gasteiger partial charge is 0.0295 e. The van der Waals surface area contributed by atoms with Gasteiger partial charge < -0.3 is 5.32 Å². The number of pyridine rings is 1. The molecule has 0 bridgehead atoms. The Bertz CT molecular complexity index is 297. The standard InChI is InChI=1S/C13H20N2/c1-10-4-3-5-13(10)15-11(2)12-6-8-14-9-7-12/h6-11,13,15H,3-5H2,1-2H3/t10-,11-,13+/m0/s1. The molecule has 1 aliphatic carbocycles. The second-order valence-electron chi connectivity index (χ2n) is 4.68. The van der Waals surface area contributed by atoms with Crippen molar-refractivity contribution in [2.24, 2.45) is 5.92 Å². The Balaban J connectivity index is 1.95. The molecule has 1 aliphatic rings. The lowest BCUT2D eigenvalue weighted by atomic mass is 10.0. The van der Waals surface area contributed by atoms with Gasteiger partial charge in [-0.2, -0.15) is 0 Å². The Hall–Kier alpha value is -0.890. The van der Waals surface area contributed by atoms with Gasteiger partial charge in [-0.1, -0.05) is 13.3 Å². The summed E-state index contributed by atoms with van der Waals surface area (Å²) in [5.41, 5.74) is 1.34. The van der Waals surface area contributed by atoms with Crippen LogP contribution in [0, 0.1) is 5.92 Å². The topological polar surface area (TPSA) is 24.9 Å². The van der Waals surface area contributed by atoms with Crippen LogP contribution < -0.4 is 5.32 Å². The van der Waals surface area contributed by atoms with E-state index < -0.39 is 0 Å². The first-order valence-electron chi connectivity index (χ1n) is 5.93. The molecule has 2 nitrogen and oxygen atoms in total. The minimum absolute atomic E-state index is 0.443. The van der Waals surface area contributed by atoms with Crippen molar-refractivity contribution in [3.8, 4) is 0 Å². The molecule has 1 aromatic heterocycles. The van der Waals surface area contributed by atoms with Crippen LogP contribution in [0.15, 0.2) is 24.5 Å². The molecule has 0 radical (unpaired) electrons. The van der Waals surface area contributed by atoms with Gasteiger partial charge >= 0.3 is 0 Å². The summed E-state index contributed by atoms with van der Waals surface area (Å²) in [6.45, 7) is 4.59. The lowest BCUT2D eigenvalue weighted by Crippen LogP contribution is -2.33. The Morgan fingerprint density at radius 2 is 2.07 bits per heavy atom. The zero-order valence-corrected chi connectivity index (χ0v) is 9.61. The highest BCUT2D eigenvalue weighted by atomic mass is 15.0. The number of hydrogen-bond acceptors (Lipinski definition) is 2. The maximum absolute atomic E-state index is 4.05. The second kappa shape index (κ2) is 4.75. The Kier molecular flexibility index (Phi) is 3.37. The highest BCUT2D eigenvalue weighted by Gasteiger charge is 2.24. The Labute approximate surface area is 92.1 Å². The summed E-state index contributed by atoms with van der Waals surface area (Å²) >= 11 is 0. The van der Waals surface area contributed by atoms with Gasteiger partial charge in [0.25, 0.3) is 0 Å². The maximum Gasteiger partial charge on any atom is 0.0295 e. The normalized spacial score (nSPS) is 27.9. The predicted molar refractivity (Wildman–Crippen MR) is 62.6 cm³/mol. The molecule has 1 fully saturated rings. The molecule has 15 heavy (non-hydrogen) atoms. The molecule has 1 heterocycles. The fraction of sp³-hybridized carbons (Fsp3) is 0.615. The molecular formula is C13H20N2. The van der Waals surface area contributed by atoms with Gasteiger partial charge in [-0.25, -0.2) is 0 Å². The molecule has 0 aromatic carbocycles. The van der Waals surface area contributed by atoms with Gasteiger partial charge in [-0.15, -0.1) is 0 Å². The highest BCUT2D eigenvalue weighted by Crippen LogP contribution is 2.27. The summed E-state index contributed by atoms with van der Waals surface area (Å²) in [5, 5.41) is 3.72. The molecule has 1 aromatic rings. The van der Waals surface area contributed by atoms with E-state index in [-0.39, 0.29) is 0 Å². The van der Waals surface area contributed by atoms with E-state index in [9.17, 15) is 0 Å². The lowest BCUT2D eigenvalue weighted by molar-refractivity contribution is 0.388. The van der Waals surface area contributed by atoms with Crippen LogP contribution in [0.5, 0.6) is 0 Å². The van der Waals surface area contributed by atoms with Crippen molar-refractivity contribution in [2.75, 3.05) is 0 Å². The minimum atomic E-state index is 0.443. The van der Waals surface area contributed by atoms with Crippen LogP contribution in [0.1, 0.15) is 44.7 Å². The van der Waals surface area contributed by atoms with Gasteiger partial charge in [-0.3, -0.25) is 4.98 Å². The van der Waals surface area contributed by atoms with Crippen molar-refractivity contribution >= 4 is 0 Å². The van der Waals surface area contributed by atoms with E-state index in [1.54, 1.807) is 0 Å². The number of aromatic nitrogens is 1. The van der Waals surface area contributed by atoms with Crippen LogP contribution in [-0.2, 0) is 0 Å². The third-order valence-electron chi connectivity index (χ3n) is 3.53. The maximum atomic E-state index is 4.05. The molecular weight excluding hydrogens is 184 g/mol. The zero-order chi connectivity index (χ0) is 10.7. The lowest BCUT2D eigenvalue weighted by Gasteiger charge is -2.23. The minimum Gasteiger partial charge on any atom is -0.307 e. The fourth-order valence-electron chi connectivity index (χ4n) is 2.46. The molecule has 2 heteroatoms. The molecule has 0 aliphatic heterocycles. The Morgan fingerprint density at radius 3 is 2.67 bits per heavy atom. The van der Waals surface area contributed by atoms with Crippen LogP contribution in [0.2, 0.25) is 0 Å². The summed E-state index contributed by atoms with van der Waals surface area (Å²) in [7, 11) is 0. The van der Waals surface area contributed by atoms with Crippen LogP contribution in [-0.4, -0.2) is 11.0 Å². The summed E-state index contributed by atoms with van der Waals surface area (Å²) in [4.78, 5) is 4.05. The van der Waals surface area contributed by atoms with Crippen LogP contribution >= 0.6 is 0 Å². The SMILES string of the molecule is C[C@H](N[C@@H]1CCC[C@@H]1C)c1ccncc1. The summed E-state index contributed by atoms with van der Waals surface area (Å²) in [6.07, 6.45) is 7.82. The van der Waals surface area contributed by atoms with Gasteiger partial charge in [0.2, 0.25) is 0 Å². The van der Waals surface area contributed by atoms with Crippen molar-refractivity contribution in [3.05, 3.63) is 30.1 Å². The zero-order valence-electron chi connectivity index (χ0n) is 9.61. The molecule has 2 rings (SSSR count). The average molecular weight is 204 g/mol. The molecule has 82 valence electrons. The number of nitrogens with zero attached hydrogens (tertiary/aromatic N) is 1. The van der Waals surface area contributed by atoms with Gasteiger partial charge in [0.15, 0.2) is 0 Å². The molecule has 0 saturated heterocycles. The quantitative estimate of drug-likeness (QED) is 0.819. The first-order valence-corrected chi connectivity index (χ1v) is 5.93. The van der Waals surface area contributed by atoms with E-state index in [0.717, 1.165) is 5.92 Å². The molecule has 0 amide bonds. The van der Waals surface area contributed by atoms with Crippen LogP contribution in [0.4, 0.5) is 0 Å². The van der Waals surface area contributed by atoms with Crippen LogP contribution in [0.3, 0.4) is 0 Å². The van der Waals surface area contributed by atoms with Gasteiger partial charge in [0.1, 0.15) is 0 Å². The molecule has 0 unspecified atom stereocenters. The third kappa shape index (κ3) is 2.57. The van der Waals surface area contributed by atoms with Gasteiger partial charge in [0, 0.05) is 24.5 Å². The number of rotatable bonds is 3. The number of nitrogens with one attached hydrogen (secondary N) is 1. The van der Waals surface area contributed by atoms with E-state index in [4.69, 9.17) is 0 Å². The molecule has 1 saturated carbocycles. The first kappa shape index (κ1) is 10.6. The second-order valence-corrected chi connectivity index (χ2v) is 4.68. The number of hydrogen-bond donors (Lipinski definition) is 1. The Morgan fingerprint density at radius 1 is 1.33 bits per heavy atom. The molecule has 0 spiro atoms. The van der Waals surface area contributed by atoms with Crippen molar-refractivity contribution < 1.29 is 0 Å². The van der Waals surface area contributed by atoms with E-state index in [2.05, 4.69) is 36.3 Å². The summed E-state index contributed by atoms with van der Waals surface area (Å²) in [5.74, 6) is 0.828. The van der Waals surface area contributed by atoms with Crippen molar-refractivity contribution in [1.29, 1.82) is 0 Å². The monoisotopic (exact) mass is 204 g/mol. The molecule has 1 N–H and O–H groups in total. The van der Waals surface area contributed by atoms with Crippen molar-refractivity contribution in [1.82, 2.24) is 10.3 Å². The molecule has 3 atom stereocenters. The average Bonchev–Trinajstić information content (AvgIpc) is 2.66. The third-order valence-corrected chi connectivity index (χ3v) is 3.53. The highest BCUT2D eigenvalue weighted by molar-refractivity contribution is 5.14. The van der Waals surface area contributed by atoms with Gasteiger partial charge in [-0.05, 0) is 43.4 Å². The largest absolute Gasteiger partial charge is 0.307 e. The van der Waals surface area contributed by atoms with E-state index in [1.165, 1.54) is 24.8 Å². The summed E-state index contributed by atoms with van der Waals surface area (Å²) < 4.78 is 0. The summed E-state index contributed by atoms with van der Waals surface area (Å²) in [6, 6.07) is 5.33. The van der Waals surface area contributed by atoms with Crippen molar-refractivity contribution in [3.63, 3.8) is 0 Å². The fourth-order valence-corrected chi connectivity index (χ4v) is 2.46. The predicted octanol–water partition coefficient (Wildman–Crippen LogP) is 2.92. The first-order chi connectivity index (χ1) is 7.27. The van der Waals surface area contributed by atoms with E-state index in [1.807, 2.05) is 12.4 Å². The van der Waals surface area contributed by atoms with E-state index >= 15 is 0 Å². The van der Waals surface area contributed by atoms with Crippen LogP contribution in [0.25, 0.3) is 0 Å². The van der Waals surface area contributed by atoms with Crippen molar-refractivity contribution in [2.45, 2.75) is 45.2 Å². The van der Waals surface area contributed by atoms with E-state index in [0.29, 0.717) is 12.1 Å².